The second-order valence-electron chi connectivity index (χ2n) is 3.39. The lowest BCUT2D eigenvalue weighted by molar-refractivity contribution is 0.478. The number of rotatable bonds is 4. The molecule has 1 N–H and O–H groups in total. The molecule has 92 valence electrons. The van der Waals surface area contributed by atoms with Gasteiger partial charge in [0.05, 0.1) is 4.49 Å². The van der Waals surface area contributed by atoms with Gasteiger partial charge in [-0.3, -0.25) is 0 Å². The van der Waals surface area contributed by atoms with Crippen LogP contribution in [0, 0.1) is 0 Å². The SMILES string of the molecule is CC(C)(P)S(=O)(=O)NS(=O)(=O)C(F)(P)P. The Morgan fingerprint density at radius 1 is 1.00 bits per heavy atom. The summed E-state index contributed by atoms with van der Waals surface area (Å²) in [4.78, 5) is 0. The third-order valence-electron chi connectivity index (χ3n) is 1.32. The predicted octanol–water partition coefficient (Wildman–Crippen LogP) is 0.178. The maximum absolute atomic E-state index is 13.1. The average molecular weight is 315 g/mol. The third-order valence-corrected chi connectivity index (χ3v) is 8.08. The summed E-state index contributed by atoms with van der Waals surface area (Å²) in [6.07, 6.45) is 0. The zero-order valence-electron chi connectivity index (χ0n) is 8.06. The van der Waals surface area contributed by atoms with E-state index in [0.717, 1.165) is 0 Å². The number of sulfonamides is 2. The van der Waals surface area contributed by atoms with Crippen LogP contribution in [0.15, 0.2) is 0 Å². The Morgan fingerprint density at radius 2 is 1.33 bits per heavy atom. The fraction of sp³-hybridized carbons (Fsp3) is 1.00. The molecule has 0 saturated heterocycles. The summed E-state index contributed by atoms with van der Waals surface area (Å²) in [5, 5.41) is 0. The summed E-state index contributed by atoms with van der Waals surface area (Å²) < 4.78 is 55.4. The van der Waals surface area contributed by atoms with Crippen molar-refractivity contribution in [1.29, 1.82) is 0 Å². The van der Waals surface area contributed by atoms with Crippen LogP contribution in [0.2, 0.25) is 0 Å². The number of alkyl halides is 1. The largest absolute Gasteiger partial charge is 0.266 e. The van der Waals surface area contributed by atoms with Crippen LogP contribution in [-0.2, 0) is 20.0 Å². The third kappa shape index (κ3) is 4.10. The highest BCUT2D eigenvalue weighted by Gasteiger charge is 2.41. The molecule has 0 radical (unpaired) electrons. The molecule has 0 saturated carbocycles. The molecular weight excluding hydrogens is 302 g/mol. The standard InChI is InChI=1S/C4H13FNO4P3S2/c1-3(2,11)14(7,8)6-15(9,10)4(5,12)13/h6H,11-13H2,1-2H3. The van der Waals surface area contributed by atoms with Crippen molar-refractivity contribution in [2.45, 2.75) is 22.8 Å². The van der Waals surface area contributed by atoms with Crippen LogP contribution in [0.25, 0.3) is 0 Å². The summed E-state index contributed by atoms with van der Waals surface area (Å²) >= 11 is 0. The van der Waals surface area contributed by atoms with E-state index >= 15 is 0 Å². The molecule has 0 aromatic carbocycles. The van der Waals surface area contributed by atoms with Crippen molar-refractivity contribution < 1.29 is 21.2 Å². The summed E-state index contributed by atoms with van der Waals surface area (Å²) in [6.45, 7) is 2.53. The van der Waals surface area contributed by atoms with Gasteiger partial charge >= 0.3 is 0 Å². The van der Waals surface area contributed by atoms with E-state index in [2.05, 4.69) is 0 Å². The molecule has 11 heteroatoms. The van der Waals surface area contributed by atoms with Gasteiger partial charge in [0, 0.05) is 0 Å². The lowest BCUT2D eigenvalue weighted by atomic mass is 10.5. The molecule has 0 heterocycles. The Balaban J connectivity index is 5.28. The van der Waals surface area contributed by atoms with Crippen LogP contribution < -0.4 is 4.13 Å². The number of hydrogen-bond acceptors (Lipinski definition) is 4. The zero-order chi connectivity index (χ0) is 12.7. The van der Waals surface area contributed by atoms with Gasteiger partial charge in [0.2, 0.25) is 14.5 Å². The molecule has 0 aliphatic rings. The second kappa shape index (κ2) is 4.40. The van der Waals surface area contributed by atoms with Gasteiger partial charge < -0.3 is 0 Å². The van der Waals surface area contributed by atoms with Gasteiger partial charge in [-0.1, -0.05) is 18.5 Å². The first-order valence-corrected chi connectivity index (χ1v) is 8.24. The van der Waals surface area contributed by atoms with Gasteiger partial charge in [0.15, 0.2) is 0 Å². The normalized spacial score (nSPS) is 15.3. The van der Waals surface area contributed by atoms with Crippen LogP contribution in [0.3, 0.4) is 0 Å². The highest BCUT2D eigenvalue weighted by atomic mass is 32.3. The first kappa shape index (κ1) is 16.1. The first-order valence-electron chi connectivity index (χ1n) is 3.54. The van der Waals surface area contributed by atoms with Crippen LogP contribution in [0.4, 0.5) is 4.39 Å². The van der Waals surface area contributed by atoms with Gasteiger partial charge in [-0.25, -0.2) is 21.2 Å². The molecule has 15 heavy (non-hydrogen) atoms. The molecule has 0 amide bonds. The van der Waals surface area contributed by atoms with Crippen molar-refractivity contribution in [1.82, 2.24) is 4.13 Å². The minimum Gasteiger partial charge on any atom is -0.216 e. The summed E-state index contributed by atoms with van der Waals surface area (Å²) in [7, 11) is -4.10. The lowest BCUT2D eigenvalue weighted by Crippen LogP contribution is -2.44. The fourth-order valence-electron chi connectivity index (χ4n) is 0.316. The molecule has 0 aromatic heterocycles. The smallest absolute Gasteiger partial charge is 0.216 e. The highest BCUT2D eigenvalue weighted by Crippen LogP contribution is 2.35. The fourth-order valence-corrected chi connectivity index (χ4v) is 4.14. The molecule has 0 rings (SSSR count). The first-order chi connectivity index (χ1) is 6.21. The van der Waals surface area contributed by atoms with Crippen molar-refractivity contribution in [3.63, 3.8) is 0 Å². The molecule has 0 bridgehead atoms. The number of nitrogens with one attached hydrogen (secondary N) is 1. The summed E-state index contributed by atoms with van der Waals surface area (Å²) in [5.74, 6) is 0. The van der Waals surface area contributed by atoms with Gasteiger partial charge in [-0.2, -0.15) is 0 Å². The van der Waals surface area contributed by atoms with E-state index in [1.54, 1.807) is 0 Å². The Bertz CT molecular complexity index is 389. The predicted molar refractivity (Wildman–Crippen MR) is 68.0 cm³/mol. The van der Waals surface area contributed by atoms with Crippen molar-refractivity contribution >= 4 is 47.8 Å². The minimum atomic E-state index is -4.63. The van der Waals surface area contributed by atoms with E-state index in [9.17, 15) is 21.2 Å². The number of hydrogen-bond donors (Lipinski definition) is 1. The van der Waals surface area contributed by atoms with Crippen molar-refractivity contribution in [2.24, 2.45) is 0 Å². The Labute approximate surface area is 96.1 Å². The van der Waals surface area contributed by atoms with E-state index in [1.165, 1.54) is 36.5 Å². The Hall–Kier alpha value is 1.08. The zero-order valence-corrected chi connectivity index (χ0v) is 13.2. The van der Waals surface area contributed by atoms with Gasteiger partial charge in [0.1, 0.15) is 0 Å². The maximum Gasteiger partial charge on any atom is 0.266 e. The van der Waals surface area contributed by atoms with E-state index < -0.39 is 29.0 Å². The highest BCUT2D eigenvalue weighted by molar-refractivity contribution is 8.11. The van der Waals surface area contributed by atoms with E-state index in [1.807, 2.05) is 9.24 Å². The van der Waals surface area contributed by atoms with Crippen LogP contribution in [0.1, 0.15) is 13.8 Å². The van der Waals surface area contributed by atoms with Gasteiger partial charge in [-0.05, 0) is 13.8 Å². The van der Waals surface area contributed by atoms with Crippen molar-refractivity contribution in [2.75, 3.05) is 0 Å². The lowest BCUT2D eigenvalue weighted by Gasteiger charge is -2.22. The molecule has 3 unspecified atom stereocenters. The molecule has 0 aliphatic carbocycles. The summed E-state index contributed by atoms with van der Waals surface area (Å²) in [5.41, 5.74) is 0. The molecule has 0 spiro atoms. The molecule has 5 nitrogen and oxygen atoms in total. The Kier molecular flexibility index (Phi) is 4.71. The minimum absolute atomic E-state index is 1.26. The van der Waals surface area contributed by atoms with E-state index in [0.29, 0.717) is 0 Å². The van der Waals surface area contributed by atoms with Crippen molar-refractivity contribution in [3.05, 3.63) is 0 Å². The Morgan fingerprint density at radius 3 is 1.53 bits per heavy atom. The average Bonchev–Trinajstić information content (AvgIpc) is 1.77. The summed E-state index contributed by atoms with van der Waals surface area (Å²) in [6, 6.07) is 0. The van der Waals surface area contributed by atoms with Crippen LogP contribution in [0.5, 0.6) is 0 Å². The van der Waals surface area contributed by atoms with Crippen LogP contribution in [-0.4, -0.2) is 25.8 Å². The maximum atomic E-state index is 13.1. The molecule has 0 aliphatic heterocycles. The molecule has 3 atom stereocenters. The molecule has 0 fully saturated rings. The molecular formula is C4H13FNO4P3S2. The quantitative estimate of drug-likeness (QED) is 0.751. The molecule has 0 aromatic rings. The van der Waals surface area contributed by atoms with Crippen molar-refractivity contribution in [3.8, 4) is 0 Å². The topological polar surface area (TPSA) is 80.3 Å². The second-order valence-corrected chi connectivity index (χ2v) is 12.8. The van der Waals surface area contributed by atoms with E-state index in [-0.39, 0.29) is 0 Å². The van der Waals surface area contributed by atoms with Crippen LogP contribution >= 0.6 is 27.7 Å². The van der Waals surface area contributed by atoms with E-state index in [4.69, 9.17) is 0 Å². The number of halogens is 1. The monoisotopic (exact) mass is 315 g/mol. The van der Waals surface area contributed by atoms with Gasteiger partial charge in [0.25, 0.3) is 10.0 Å². The van der Waals surface area contributed by atoms with Gasteiger partial charge in [-0.15, -0.1) is 13.4 Å².